The molecular formula is C11H13NO5S. The lowest BCUT2D eigenvalue weighted by atomic mass is 9.83. The number of thiol groups is 1. The van der Waals surface area contributed by atoms with Crippen LogP contribution in [0, 0.1) is 5.92 Å². The Balaban J connectivity index is 2.15. The Hall–Kier alpha value is -1.50. The van der Waals surface area contributed by atoms with E-state index in [1.54, 1.807) is 6.92 Å². The van der Waals surface area contributed by atoms with E-state index < -0.39 is 24.0 Å². The second-order valence-corrected chi connectivity index (χ2v) is 4.96. The Kier molecular flexibility index (Phi) is 3.10. The summed E-state index contributed by atoms with van der Waals surface area (Å²) in [5, 5.41) is 9.01. The summed E-state index contributed by atoms with van der Waals surface area (Å²) in [6, 6.07) is -0.259. The van der Waals surface area contributed by atoms with Crippen molar-refractivity contribution in [1.82, 2.24) is 4.90 Å². The van der Waals surface area contributed by atoms with Crippen LogP contribution in [-0.2, 0) is 19.1 Å². The average molecular weight is 271 g/mol. The van der Waals surface area contributed by atoms with E-state index in [2.05, 4.69) is 12.6 Å². The Morgan fingerprint density at radius 3 is 2.67 bits per heavy atom. The Bertz CT molecular complexity index is 472. The predicted molar refractivity (Wildman–Crippen MR) is 63.6 cm³/mol. The molecule has 6 nitrogen and oxygen atoms in total. The fraction of sp³-hybridized carbons (Fsp3) is 0.545. The number of carbonyl (C=O) groups excluding carboxylic acids is 2. The van der Waals surface area contributed by atoms with Crippen LogP contribution in [0.25, 0.3) is 0 Å². The molecule has 1 amide bonds. The summed E-state index contributed by atoms with van der Waals surface area (Å²) >= 11 is 4.10. The van der Waals surface area contributed by atoms with Gasteiger partial charge in [-0.3, -0.25) is 9.59 Å². The molecule has 0 unspecified atom stereocenters. The van der Waals surface area contributed by atoms with E-state index in [0.29, 0.717) is 11.3 Å². The molecule has 1 N–H and O–H groups in total. The molecule has 0 spiro atoms. The quantitative estimate of drug-likeness (QED) is 0.441. The van der Waals surface area contributed by atoms with Crippen LogP contribution < -0.4 is 0 Å². The third kappa shape index (κ3) is 1.78. The van der Waals surface area contributed by atoms with Crippen molar-refractivity contribution in [3.8, 4) is 0 Å². The van der Waals surface area contributed by atoms with Gasteiger partial charge in [-0.05, 0) is 6.92 Å². The molecule has 2 aliphatic rings. The van der Waals surface area contributed by atoms with Crippen molar-refractivity contribution in [2.75, 3.05) is 0 Å². The largest absolute Gasteiger partial charge is 0.477 e. The minimum Gasteiger partial charge on any atom is -0.477 e. The van der Waals surface area contributed by atoms with Gasteiger partial charge in [0.15, 0.2) is 0 Å². The molecule has 0 aromatic heterocycles. The Morgan fingerprint density at radius 2 is 2.17 bits per heavy atom. The van der Waals surface area contributed by atoms with Gasteiger partial charge < -0.3 is 14.7 Å². The van der Waals surface area contributed by atoms with Gasteiger partial charge in [0.1, 0.15) is 11.8 Å². The number of fused-ring (bicyclic) bond motifs is 1. The average Bonchev–Trinajstić information content (AvgIpc) is 2.50. The van der Waals surface area contributed by atoms with E-state index in [-0.39, 0.29) is 17.6 Å². The lowest BCUT2D eigenvalue weighted by molar-refractivity contribution is -0.169. The number of esters is 1. The molecular weight excluding hydrogens is 258 g/mol. The van der Waals surface area contributed by atoms with E-state index in [0.717, 1.165) is 0 Å². The van der Waals surface area contributed by atoms with Gasteiger partial charge in [0.05, 0.1) is 12.0 Å². The van der Waals surface area contributed by atoms with Crippen LogP contribution in [0.2, 0.25) is 0 Å². The fourth-order valence-corrected chi connectivity index (χ4v) is 2.96. The number of rotatable bonds is 3. The molecule has 0 saturated carbocycles. The van der Waals surface area contributed by atoms with Crippen LogP contribution in [0.4, 0.5) is 0 Å². The molecule has 0 aliphatic carbocycles. The number of carboxylic acids is 1. The minimum absolute atomic E-state index is 0.0559. The maximum atomic E-state index is 11.9. The molecule has 1 fully saturated rings. The zero-order valence-corrected chi connectivity index (χ0v) is 10.8. The van der Waals surface area contributed by atoms with Crippen LogP contribution in [-0.4, -0.2) is 40.0 Å². The fourth-order valence-electron chi connectivity index (χ4n) is 2.57. The van der Waals surface area contributed by atoms with E-state index in [9.17, 15) is 14.4 Å². The van der Waals surface area contributed by atoms with E-state index >= 15 is 0 Å². The number of hydrogen-bond acceptors (Lipinski definition) is 5. The molecule has 0 radical (unpaired) electrons. The van der Waals surface area contributed by atoms with Crippen molar-refractivity contribution in [2.45, 2.75) is 32.4 Å². The van der Waals surface area contributed by atoms with Crippen LogP contribution in [0.1, 0.15) is 20.3 Å². The molecule has 0 bridgehead atoms. The van der Waals surface area contributed by atoms with Gasteiger partial charge in [-0.2, -0.15) is 0 Å². The summed E-state index contributed by atoms with van der Waals surface area (Å²) in [6.45, 7) is 2.91. The second kappa shape index (κ2) is 4.31. The van der Waals surface area contributed by atoms with E-state index in [4.69, 9.17) is 9.84 Å². The lowest BCUT2D eigenvalue weighted by Crippen LogP contribution is -2.62. The highest BCUT2D eigenvalue weighted by Crippen LogP contribution is 2.45. The molecule has 0 aromatic carbocycles. The van der Waals surface area contributed by atoms with Crippen LogP contribution >= 0.6 is 12.6 Å². The van der Waals surface area contributed by atoms with Crippen molar-refractivity contribution < 1.29 is 24.2 Å². The van der Waals surface area contributed by atoms with Gasteiger partial charge in [-0.15, -0.1) is 12.6 Å². The normalized spacial score (nSPS) is 27.7. The van der Waals surface area contributed by atoms with Crippen LogP contribution in [0.5, 0.6) is 0 Å². The maximum Gasteiger partial charge on any atom is 0.353 e. The van der Waals surface area contributed by atoms with Crippen molar-refractivity contribution in [1.29, 1.82) is 0 Å². The van der Waals surface area contributed by atoms with Crippen LogP contribution in [0.15, 0.2) is 10.6 Å². The summed E-state index contributed by atoms with van der Waals surface area (Å²) < 4.78 is 4.99. The molecule has 0 aromatic rings. The first kappa shape index (κ1) is 12.9. The molecule has 2 rings (SSSR count). The van der Waals surface area contributed by atoms with Crippen molar-refractivity contribution in [2.24, 2.45) is 5.92 Å². The zero-order valence-electron chi connectivity index (χ0n) is 9.91. The zero-order chi connectivity index (χ0) is 13.6. The first-order valence-corrected chi connectivity index (χ1v) is 5.95. The Morgan fingerprint density at radius 1 is 1.56 bits per heavy atom. The molecule has 18 heavy (non-hydrogen) atoms. The van der Waals surface area contributed by atoms with Crippen molar-refractivity contribution in [3.63, 3.8) is 0 Å². The first-order chi connectivity index (χ1) is 8.34. The van der Waals surface area contributed by atoms with Gasteiger partial charge in [0.25, 0.3) is 0 Å². The van der Waals surface area contributed by atoms with Gasteiger partial charge in [0.2, 0.25) is 5.91 Å². The van der Waals surface area contributed by atoms with E-state index in [1.165, 1.54) is 11.8 Å². The van der Waals surface area contributed by atoms with Crippen molar-refractivity contribution >= 4 is 30.5 Å². The van der Waals surface area contributed by atoms with E-state index in [1.807, 2.05) is 0 Å². The SMILES string of the molecule is CC(=O)O[C@@H](C)[C@H]1C(=O)N2C(C(=O)O)=C(S)C[C@H]12. The van der Waals surface area contributed by atoms with Gasteiger partial charge in [-0.25, -0.2) is 4.79 Å². The minimum atomic E-state index is -1.16. The molecule has 2 heterocycles. The maximum absolute atomic E-state index is 11.9. The summed E-state index contributed by atoms with van der Waals surface area (Å²) in [6.07, 6.45) is -0.155. The van der Waals surface area contributed by atoms with Crippen molar-refractivity contribution in [3.05, 3.63) is 10.6 Å². The summed E-state index contributed by atoms with van der Waals surface area (Å²) in [4.78, 5) is 35.4. The number of nitrogens with zero attached hydrogens (tertiary/aromatic N) is 1. The first-order valence-electron chi connectivity index (χ1n) is 5.50. The smallest absolute Gasteiger partial charge is 0.353 e. The monoisotopic (exact) mass is 271 g/mol. The van der Waals surface area contributed by atoms with Crippen LogP contribution in [0.3, 0.4) is 0 Å². The number of β-lactam (4-membered cyclic amide) rings is 1. The van der Waals surface area contributed by atoms with Gasteiger partial charge in [-0.1, -0.05) is 0 Å². The summed E-state index contributed by atoms with van der Waals surface area (Å²) in [7, 11) is 0. The highest BCUT2D eigenvalue weighted by molar-refractivity contribution is 7.84. The molecule has 1 saturated heterocycles. The summed E-state index contributed by atoms with van der Waals surface area (Å²) in [5.74, 6) is -2.41. The highest BCUT2D eigenvalue weighted by Gasteiger charge is 2.57. The standard InChI is InChI=1S/C11H13NO5S/c1-4(17-5(2)13)8-6-3-7(18)9(11(15)16)12(6)10(8)14/h4,6,8,18H,3H2,1-2H3,(H,15,16)/t4-,6+,8+/m0/s1. The highest BCUT2D eigenvalue weighted by atomic mass is 32.1. The number of carboxylic acid groups (broad SMARTS) is 1. The summed E-state index contributed by atoms with van der Waals surface area (Å²) in [5.41, 5.74) is -0.0559. The van der Waals surface area contributed by atoms with Gasteiger partial charge >= 0.3 is 11.9 Å². The number of ether oxygens (including phenoxy) is 1. The van der Waals surface area contributed by atoms with Gasteiger partial charge in [0, 0.05) is 18.2 Å². The predicted octanol–water partition coefficient (Wildman–Crippen LogP) is 0.395. The topological polar surface area (TPSA) is 83.9 Å². The number of amides is 1. The molecule has 7 heteroatoms. The third-order valence-electron chi connectivity index (χ3n) is 3.25. The number of hydrogen-bond donors (Lipinski definition) is 2. The second-order valence-electron chi connectivity index (χ2n) is 4.42. The lowest BCUT2D eigenvalue weighted by Gasteiger charge is -2.45. The third-order valence-corrected chi connectivity index (χ3v) is 3.64. The Labute approximate surface area is 109 Å². The molecule has 2 aliphatic heterocycles. The number of carbonyl (C=O) groups is 3. The molecule has 98 valence electrons. The number of aliphatic carboxylic acids is 1. The molecule has 3 atom stereocenters.